The average Bonchev–Trinajstić information content (AvgIpc) is 3.08. The van der Waals surface area contributed by atoms with E-state index >= 15 is 0 Å². The van der Waals surface area contributed by atoms with E-state index in [0.717, 1.165) is 5.01 Å². The minimum absolute atomic E-state index is 0.183. The molecule has 0 spiro atoms. The predicted octanol–water partition coefficient (Wildman–Crippen LogP) is 1.59. The van der Waals surface area contributed by atoms with Gasteiger partial charge in [0, 0.05) is 18.0 Å². The van der Waals surface area contributed by atoms with E-state index in [1.165, 1.54) is 11.3 Å². The molecule has 0 amide bonds. The highest BCUT2D eigenvalue weighted by Crippen LogP contribution is 2.35. The van der Waals surface area contributed by atoms with Crippen LogP contribution in [-0.2, 0) is 4.74 Å². The summed E-state index contributed by atoms with van der Waals surface area (Å²) >= 11 is 1.50. The summed E-state index contributed by atoms with van der Waals surface area (Å²) in [5.41, 5.74) is 0. The molecule has 0 bridgehead atoms. The van der Waals surface area contributed by atoms with Crippen LogP contribution in [0, 0.1) is 0 Å². The zero-order chi connectivity index (χ0) is 12.5. The summed E-state index contributed by atoms with van der Waals surface area (Å²) in [4.78, 5) is 4.17. The summed E-state index contributed by atoms with van der Waals surface area (Å²) in [6, 6.07) is 3.67. The molecule has 3 rings (SSSR count). The summed E-state index contributed by atoms with van der Waals surface area (Å²) in [6.45, 7) is -0.183. The van der Waals surface area contributed by atoms with E-state index in [2.05, 4.69) is 4.98 Å². The second-order valence-corrected chi connectivity index (χ2v) is 5.08. The van der Waals surface area contributed by atoms with Crippen molar-refractivity contribution in [2.45, 2.75) is 24.7 Å². The largest absolute Gasteiger partial charge is 0.456 e. The Hall–Kier alpha value is -1.21. The fraction of sp³-hybridized carbons (Fsp3) is 0.417. The molecular weight excluding hydrogens is 254 g/mol. The van der Waals surface area contributed by atoms with Crippen molar-refractivity contribution in [2.24, 2.45) is 0 Å². The van der Waals surface area contributed by atoms with Crippen LogP contribution in [-0.4, -0.2) is 34.0 Å². The molecule has 6 heteroatoms. The number of thiazole rings is 1. The first-order valence-corrected chi connectivity index (χ1v) is 6.60. The van der Waals surface area contributed by atoms with Crippen LogP contribution in [0.1, 0.15) is 18.3 Å². The first-order chi connectivity index (χ1) is 8.78. The number of furan rings is 1. The molecule has 1 saturated heterocycles. The summed E-state index contributed by atoms with van der Waals surface area (Å²) in [7, 11) is 0. The summed E-state index contributed by atoms with van der Waals surface area (Å²) in [6.07, 6.45) is 0.693. The minimum Gasteiger partial charge on any atom is -0.456 e. The monoisotopic (exact) mass is 267 g/mol. The van der Waals surface area contributed by atoms with Gasteiger partial charge < -0.3 is 19.4 Å². The lowest BCUT2D eigenvalue weighted by Crippen LogP contribution is -2.24. The van der Waals surface area contributed by atoms with Gasteiger partial charge in [-0.2, -0.15) is 0 Å². The molecule has 0 unspecified atom stereocenters. The highest BCUT2D eigenvalue weighted by Gasteiger charge is 2.35. The number of aromatic nitrogens is 1. The highest BCUT2D eigenvalue weighted by atomic mass is 32.1. The second kappa shape index (κ2) is 4.81. The van der Waals surface area contributed by atoms with Gasteiger partial charge in [0.05, 0.1) is 12.7 Å². The van der Waals surface area contributed by atoms with Crippen molar-refractivity contribution in [1.82, 2.24) is 4.98 Å². The Labute approximate surface area is 108 Å². The Morgan fingerprint density at radius 2 is 2.33 bits per heavy atom. The number of hydrogen-bond donors (Lipinski definition) is 2. The lowest BCUT2D eigenvalue weighted by molar-refractivity contribution is -0.0275. The molecule has 5 nitrogen and oxygen atoms in total. The second-order valence-electron chi connectivity index (χ2n) is 4.19. The van der Waals surface area contributed by atoms with Crippen LogP contribution < -0.4 is 0 Å². The first-order valence-electron chi connectivity index (χ1n) is 5.72. The number of aliphatic hydroxyl groups is 2. The Kier molecular flexibility index (Phi) is 3.17. The quantitative estimate of drug-likeness (QED) is 0.883. The molecule has 1 aliphatic heterocycles. The van der Waals surface area contributed by atoms with E-state index in [1.54, 1.807) is 6.20 Å². The van der Waals surface area contributed by atoms with E-state index < -0.39 is 12.2 Å². The van der Waals surface area contributed by atoms with Crippen LogP contribution in [0.15, 0.2) is 28.1 Å². The van der Waals surface area contributed by atoms with Crippen LogP contribution in [0.5, 0.6) is 0 Å². The number of ether oxygens (including phenoxy) is 1. The van der Waals surface area contributed by atoms with E-state index in [9.17, 15) is 5.11 Å². The molecular formula is C12H13NO4S. The molecule has 1 aliphatic rings. The minimum atomic E-state index is -0.645. The van der Waals surface area contributed by atoms with Gasteiger partial charge in [-0.3, -0.25) is 0 Å². The number of nitrogens with zero attached hydrogens (tertiary/aromatic N) is 1. The van der Waals surface area contributed by atoms with Crippen LogP contribution in [0.3, 0.4) is 0 Å². The van der Waals surface area contributed by atoms with Crippen LogP contribution in [0.2, 0.25) is 0 Å². The van der Waals surface area contributed by atoms with Gasteiger partial charge in [0.1, 0.15) is 18.0 Å². The van der Waals surface area contributed by atoms with Crippen molar-refractivity contribution in [3.63, 3.8) is 0 Å². The van der Waals surface area contributed by atoms with Gasteiger partial charge in [0.15, 0.2) is 10.8 Å². The predicted molar refractivity (Wildman–Crippen MR) is 65.1 cm³/mol. The Bertz CT molecular complexity index is 510. The molecule has 2 N–H and O–H groups in total. The van der Waals surface area contributed by atoms with Crippen LogP contribution >= 0.6 is 11.3 Å². The van der Waals surface area contributed by atoms with Gasteiger partial charge in [-0.05, 0) is 12.1 Å². The Balaban J connectivity index is 1.78. The van der Waals surface area contributed by atoms with E-state index in [4.69, 9.17) is 14.3 Å². The van der Waals surface area contributed by atoms with Crippen molar-refractivity contribution in [1.29, 1.82) is 0 Å². The maximum atomic E-state index is 9.67. The van der Waals surface area contributed by atoms with Gasteiger partial charge in [-0.1, -0.05) is 0 Å². The smallest absolute Gasteiger partial charge is 0.163 e. The SMILES string of the molecule is OC[C@H]1O[C@@H](c2ccc(-c3nccs3)o2)C[C@@H]1O. The van der Waals surface area contributed by atoms with Gasteiger partial charge in [-0.15, -0.1) is 11.3 Å². The molecule has 3 heterocycles. The van der Waals surface area contributed by atoms with Gasteiger partial charge >= 0.3 is 0 Å². The lowest BCUT2D eigenvalue weighted by Gasteiger charge is -2.10. The maximum Gasteiger partial charge on any atom is 0.163 e. The van der Waals surface area contributed by atoms with E-state index in [0.29, 0.717) is 17.9 Å². The zero-order valence-electron chi connectivity index (χ0n) is 9.52. The lowest BCUT2D eigenvalue weighted by atomic mass is 10.1. The molecule has 96 valence electrons. The van der Waals surface area contributed by atoms with E-state index in [-0.39, 0.29) is 12.7 Å². The molecule has 0 saturated carbocycles. The van der Waals surface area contributed by atoms with Crippen LogP contribution in [0.25, 0.3) is 10.8 Å². The topological polar surface area (TPSA) is 75.7 Å². The molecule has 0 radical (unpaired) electrons. The molecule has 1 fully saturated rings. The van der Waals surface area contributed by atoms with Gasteiger partial charge in [-0.25, -0.2) is 4.98 Å². The standard InChI is InChI=1S/C12H13NO4S/c14-6-11-7(15)5-10(17-11)8-1-2-9(16-8)12-13-3-4-18-12/h1-4,7,10-11,14-15H,5-6H2/t7-,10+,11+/m0/s1. The normalized spacial score (nSPS) is 27.8. The number of aliphatic hydroxyl groups excluding tert-OH is 2. The van der Waals surface area contributed by atoms with Crippen molar-refractivity contribution in [3.05, 3.63) is 29.5 Å². The molecule has 3 atom stereocenters. The Morgan fingerprint density at radius 1 is 1.44 bits per heavy atom. The third-order valence-electron chi connectivity index (χ3n) is 2.99. The average molecular weight is 267 g/mol. The third-order valence-corrected chi connectivity index (χ3v) is 3.78. The summed E-state index contributed by atoms with van der Waals surface area (Å²) in [5.74, 6) is 1.36. The zero-order valence-corrected chi connectivity index (χ0v) is 10.3. The Morgan fingerprint density at radius 3 is 3.00 bits per heavy atom. The highest BCUT2D eigenvalue weighted by molar-refractivity contribution is 7.13. The summed E-state index contributed by atoms with van der Waals surface area (Å²) in [5, 5.41) is 21.4. The van der Waals surface area contributed by atoms with Crippen molar-refractivity contribution >= 4 is 11.3 Å². The van der Waals surface area contributed by atoms with Crippen molar-refractivity contribution in [2.75, 3.05) is 6.61 Å². The molecule has 0 aliphatic carbocycles. The fourth-order valence-electron chi connectivity index (χ4n) is 2.06. The summed E-state index contributed by atoms with van der Waals surface area (Å²) < 4.78 is 11.2. The van der Waals surface area contributed by atoms with Crippen LogP contribution in [0.4, 0.5) is 0 Å². The van der Waals surface area contributed by atoms with Crippen molar-refractivity contribution in [3.8, 4) is 10.8 Å². The number of hydrogen-bond acceptors (Lipinski definition) is 6. The molecule has 2 aromatic rings. The maximum absolute atomic E-state index is 9.67. The van der Waals surface area contributed by atoms with E-state index in [1.807, 2.05) is 17.5 Å². The van der Waals surface area contributed by atoms with Gasteiger partial charge in [0.2, 0.25) is 0 Å². The molecule has 0 aromatic carbocycles. The third kappa shape index (κ3) is 2.08. The first kappa shape index (κ1) is 11.9. The molecule has 18 heavy (non-hydrogen) atoms. The molecule has 2 aromatic heterocycles. The number of rotatable bonds is 3. The van der Waals surface area contributed by atoms with Crippen molar-refractivity contribution < 1.29 is 19.4 Å². The van der Waals surface area contributed by atoms with Gasteiger partial charge in [0.25, 0.3) is 0 Å². The fourth-order valence-corrected chi connectivity index (χ4v) is 2.66.